The molecule has 1 atom stereocenters. The molecule has 0 aliphatic rings. The Hall–Kier alpha value is -0.950. The molecule has 0 bridgehead atoms. The van der Waals surface area contributed by atoms with Gasteiger partial charge in [-0.05, 0) is 30.0 Å². The maximum absolute atomic E-state index is 12.5. The third-order valence-electron chi connectivity index (χ3n) is 3.17. The van der Waals surface area contributed by atoms with Crippen LogP contribution in [0.1, 0.15) is 31.4 Å². The van der Waals surface area contributed by atoms with Crippen molar-refractivity contribution in [2.75, 3.05) is 13.7 Å². The Morgan fingerprint density at radius 3 is 2.55 bits per heavy atom. The number of aryl methyl sites for hydroxylation is 1. The minimum Gasteiger partial charge on any atom is -0.392 e. The molecule has 0 amide bonds. The maximum atomic E-state index is 12.5. The molecule has 0 aromatic heterocycles. The summed E-state index contributed by atoms with van der Waals surface area (Å²) in [7, 11) is -2.07. The normalized spacial score (nSPS) is 13.4. The zero-order valence-electron chi connectivity index (χ0n) is 12.2. The molecule has 114 valence electrons. The van der Waals surface area contributed by atoms with Crippen molar-refractivity contribution in [1.82, 2.24) is 4.72 Å². The van der Waals surface area contributed by atoms with Crippen molar-refractivity contribution in [3.8, 4) is 0 Å². The molecule has 2 N–H and O–H groups in total. The molecule has 1 aromatic rings. The van der Waals surface area contributed by atoms with Gasteiger partial charge in [-0.3, -0.25) is 0 Å². The van der Waals surface area contributed by atoms with E-state index in [9.17, 15) is 8.42 Å². The van der Waals surface area contributed by atoms with E-state index < -0.39 is 10.0 Å². The number of benzene rings is 1. The van der Waals surface area contributed by atoms with Crippen molar-refractivity contribution < 1.29 is 18.3 Å². The van der Waals surface area contributed by atoms with Gasteiger partial charge in [0.25, 0.3) is 0 Å². The first-order valence-corrected chi connectivity index (χ1v) is 8.20. The van der Waals surface area contributed by atoms with Gasteiger partial charge in [0.15, 0.2) is 0 Å². The molecular weight excluding hydrogens is 278 g/mol. The first kappa shape index (κ1) is 17.1. The predicted molar refractivity (Wildman–Crippen MR) is 78.0 cm³/mol. The van der Waals surface area contributed by atoms with Crippen molar-refractivity contribution >= 4 is 10.0 Å². The number of hydrogen-bond acceptors (Lipinski definition) is 4. The van der Waals surface area contributed by atoms with Gasteiger partial charge in [-0.1, -0.05) is 26.0 Å². The summed E-state index contributed by atoms with van der Waals surface area (Å²) in [6.45, 7) is 3.95. The molecule has 0 spiro atoms. The number of hydrogen-bond donors (Lipinski definition) is 2. The molecule has 0 saturated heterocycles. The molecule has 0 aliphatic carbocycles. The summed E-state index contributed by atoms with van der Waals surface area (Å²) in [6, 6.07) is 4.76. The SMILES string of the molecule is CCc1ccc(CO)cc1S(=O)(=O)NC(CC)COC. The van der Waals surface area contributed by atoms with Crippen LogP contribution in [0.2, 0.25) is 0 Å². The summed E-state index contributed by atoms with van der Waals surface area (Å²) in [4.78, 5) is 0.237. The lowest BCUT2D eigenvalue weighted by Gasteiger charge is -2.18. The van der Waals surface area contributed by atoms with Crippen LogP contribution in [0.15, 0.2) is 23.1 Å². The van der Waals surface area contributed by atoms with E-state index in [0.717, 1.165) is 5.56 Å². The Kier molecular flexibility index (Phi) is 6.61. The van der Waals surface area contributed by atoms with Crippen LogP contribution in [0.4, 0.5) is 0 Å². The number of aliphatic hydroxyl groups excluding tert-OH is 1. The van der Waals surface area contributed by atoms with E-state index >= 15 is 0 Å². The number of methoxy groups -OCH3 is 1. The van der Waals surface area contributed by atoms with Crippen LogP contribution in [0, 0.1) is 0 Å². The van der Waals surface area contributed by atoms with Crippen molar-refractivity contribution in [2.24, 2.45) is 0 Å². The summed E-state index contributed by atoms with van der Waals surface area (Å²) < 4.78 is 32.6. The molecule has 0 saturated carbocycles. The van der Waals surface area contributed by atoms with E-state index in [1.807, 2.05) is 13.8 Å². The van der Waals surface area contributed by atoms with Gasteiger partial charge in [-0.25, -0.2) is 13.1 Å². The Bertz CT molecular complexity index is 528. The van der Waals surface area contributed by atoms with Gasteiger partial charge in [0.2, 0.25) is 10.0 Å². The average molecular weight is 301 g/mol. The number of ether oxygens (including phenoxy) is 1. The molecule has 5 nitrogen and oxygen atoms in total. The molecule has 1 aromatic carbocycles. The largest absolute Gasteiger partial charge is 0.392 e. The summed E-state index contributed by atoms with van der Waals surface area (Å²) in [5, 5.41) is 9.17. The Morgan fingerprint density at radius 1 is 1.35 bits per heavy atom. The summed E-state index contributed by atoms with van der Waals surface area (Å²) >= 11 is 0. The topological polar surface area (TPSA) is 75.6 Å². The van der Waals surface area contributed by atoms with E-state index in [-0.39, 0.29) is 17.5 Å². The first-order valence-electron chi connectivity index (χ1n) is 6.72. The first-order chi connectivity index (χ1) is 9.48. The third kappa shape index (κ3) is 4.28. The van der Waals surface area contributed by atoms with Crippen LogP contribution in [0.25, 0.3) is 0 Å². The van der Waals surface area contributed by atoms with Gasteiger partial charge >= 0.3 is 0 Å². The van der Waals surface area contributed by atoms with Crippen molar-refractivity contribution in [1.29, 1.82) is 0 Å². The minimum absolute atomic E-state index is 0.179. The van der Waals surface area contributed by atoms with Crippen LogP contribution in [-0.4, -0.2) is 33.3 Å². The van der Waals surface area contributed by atoms with Gasteiger partial charge in [0.1, 0.15) is 0 Å². The lowest BCUT2D eigenvalue weighted by Crippen LogP contribution is -2.37. The fourth-order valence-corrected chi connectivity index (χ4v) is 3.62. The molecule has 1 rings (SSSR count). The van der Waals surface area contributed by atoms with Crippen LogP contribution in [0.3, 0.4) is 0 Å². The molecule has 6 heteroatoms. The second-order valence-corrected chi connectivity index (χ2v) is 6.32. The second-order valence-electron chi connectivity index (χ2n) is 4.64. The lowest BCUT2D eigenvalue weighted by molar-refractivity contribution is 0.173. The van der Waals surface area contributed by atoms with Crippen molar-refractivity contribution in [2.45, 2.75) is 44.2 Å². The van der Waals surface area contributed by atoms with Gasteiger partial charge < -0.3 is 9.84 Å². The highest BCUT2D eigenvalue weighted by atomic mass is 32.2. The molecule has 0 fully saturated rings. The van der Waals surface area contributed by atoms with Gasteiger partial charge in [0.05, 0.1) is 18.1 Å². The highest BCUT2D eigenvalue weighted by molar-refractivity contribution is 7.89. The average Bonchev–Trinajstić information content (AvgIpc) is 2.45. The van der Waals surface area contributed by atoms with Gasteiger partial charge in [-0.15, -0.1) is 0 Å². The van der Waals surface area contributed by atoms with Crippen LogP contribution in [-0.2, 0) is 27.8 Å². The quantitative estimate of drug-likeness (QED) is 0.762. The predicted octanol–water partition coefficient (Wildman–Crippen LogP) is 1.44. The molecule has 0 radical (unpaired) electrons. The fourth-order valence-electron chi connectivity index (χ4n) is 1.96. The smallest absolute Gasteiger partial charge is 0.241 e. The molecule has 20 heavy (non-hydrogen) atoms. The summed E-state index contributed by atoms with van der Waals surface area (Å²) in [5.41, 5.74) is 1.32. The van der Waals surface area contributed by atoms with E-state index in [4.69, 9.17) is 9.84 Å². The highest BCUT2D eigenvalue weighted by Gasteiger charge is 2.22. The Labute approximate surface area is 121 Å². The van der Waals surface area contributed by atoms with E-state index in [0.29, 0.717) is 25.0 Å². The third-order valence-corrected chi connectivity index (χ3v) is 4.77. The standard InChI is InChI=1S/C14H23NO4S/c1-4-12-7-6-11(9-16)8-14(12)20(17,18)15-13(5-2)10-19-3/h6-8,13,15-16H,4-5,9-10H2,1-3H3. The van der Waals surface area contributed by atoms with Crippen LogP contribution in [0.5, 0.6) is 0 Å². The molecular formula is C14H23NO4S. The summed E-state index contributed by atoms with van der Waals surface area (Å²) in [5.74, 6) is 0. The zero-order valence-corrected chi connectivity index (χ0v) is 13.0. The van der Waals surface area contributed by atoms with Crippen LogP contribution >= 0.6 is 0 Å². The maximum Gasteiger partial charge on any atom is 0.241 e. The van der Waals surface area contributed by atoms with Gasteiger partial charge in [-0.2, -0.15) is 0 Å². The number of nitrogens with one attached hydrogen (secondary N) is 1. The Balaban J connectivity index is 3.13. The number of sulfonamides is 1. The highest BCUT2D eigenvalue weighted by Crippen LogP contribution is 2.19. The zero-order chi connectivity index (χ0) is 15.2. The summed E-state index contributed by atoms with van der Waals surface area (Å²) in [6.07, 6.45) is 1.26. The molecule has 0 heterocycles. The second kappa shape index (κ2) is 7.73. The minimum atomic E-state index is -3.61. The monoisotopic (exact) mass is 301 g/mol. The molecule has 1 unspecified atom stereocenters. The lowest BCUT2D eigenvalue weighted by atomic mass is 10.1. The van der Waals surface area contributed by atoms with Crippen molar-refractivity contribution in [3.63, 3.8) is 0 Å². The molecule has 0 aliphatic heterocycles. The van der Waals surface area contributed by atoms with Gasteiger partial charge in [0, 0.05) is 13.2 Å². The Morgan fingerprint density at radius 2 is 2.05 bits per heavy atom. The van der Waals surface area contributed by atoms with E-state index in [1.165, 1.54) is 6.07 Å². The number of rotatable bonds is 8. The van der Waals surface area contributed by atoms with E-state index in [1.54, 1.807) is 19.2 Å². The fraction of sp³-hybridized carbons (Fsp3) is 0.571. The van der Waals surface area contributed by atoms with E-state index in [2.05, 4.69) is 4.72 Å². The van der Waals surface area contributed by atoms with Crippen LogP contribution < -0.4 is 4.72 Å². The number of aliphatic hydroxyl groups is 1. The van der Waals surface area contributed by atoms with Crippen molar-refractivity contribution in [3.05, 3.63) is 29.3 Å².